The van der Waals surface area contributed by atoms with Crippen LogP contribution in [0.3, 0.4) is 0 Å². The molecule has 0 radical (unpaired) electrons. The van der Waals surface area contributed by atoms with Crippen molar-refractivity contribution >= 4 is 23.2 Å². The molecule has 1 fully saturated rings. The number of ether oxygens (including phenoxy) is 1. The zero-order valence-electron chi connectivity index (χ0n) is 19.3. The lowest BCUT2D eigenvalue weighted by atomic mass is 9.86. The van der Waals surface area contributed by atoms with Crippen molar-refractivity contribution in [3.63, 3.8) is 0 Å². The van der Waals surface area contributed by atoms with Gasteiger partial charge in [0.05, 0.1) is 6.04 Å². The largest absolute Gasteiger partial charge is 0.444 e. The number of fused-ring (bicyclic) bond motifs is 1. The molecular formula is C21H32N6O4. The van der Waals surface area contributed by atoms with E-state index in [2.05, 4.69) is 15.6 Å². The number of imidazole rings is 1. The summed E-state index contributed by atoms with van der Waals surface area (Å²) >= 11 is 0. The van der Waals surface area contributed by atoms with E-state index in [1.54, 1.807) is 11.6 Å². The molecule has 2 unspecified atom stereocenters. The maximum absolute atomic E-state index is 12.9. The summed E-state index contributed by atoms with van der Waals surface area (Å²) in [6.07, 6.45) is 3.18. The molecule has 10 heteroatoms. The summed E-state index contributed by atoms with van der Waals surface area (Å²) in [6.45, 7) is 9.85. The number of aryl methyl sites for hydroxylation is 1. The van der Waals surface area contributed by atoms with Crippen LogP contribution in [0.4, 0.5) is 10.7 Å². The van der Waals surface area contributed by atoms with Crippen molar-refractivity contribution in [2.75, 3.05) is 5.32 Å². The Hall–Kier alpha value is -3.04. The SMILES string of the molecule is CC(C)=CCn1c(NC2CCC2NC(=O)OC(C)(C)C)nc2c1c(=O)n(C)c(=O)n2C. The Labute approximate surface area is 180 Å². The minimum Gasteiger partial charge on any atom is -0.444 e. The first-order chi connectivity index (χ1) is 14.4. The van der Waals surface area contributed by atoms with E-state index >= 15 is 0 Å². The third kappa shape index (κ3) is 4.67. The van der Waals surface area contributed by atoms with Gasteiger partial charge in [-0.1, -0.05) is 11.6 Å². The van der Waals surface area contributed by atoms with Crippen LogP contribution in [0.15, 0.2) is 21.2 Å². The monoisotopic (exact) mass is 432 g/mol. The molecule has 0 aromatic carbocycles. The van der Waals surface area contributed by atoms with Gasteiger partial charge < -0.3 is 19.9 Å². The minimum atomic E-state index is -0.570. The summed E-state index contributed by atoms with van der Waals surface area (Å²) in [7, 11) is 3.06. The van der Waals surface area contributed by atoms with Crippen LogP contribution in [-0.4, -0.2) is 42.5 Å². The standard InChI is InChI=1S/C21H32N6O4/c1-12(2)10-11-27-15-16(25(6)20(30)26(7)17(15)28)24-18(27)22-13-8-9-14(13)23-19(29)31-21(3,4)5/h10,13-14H,8-9,11H2,1-7H3,(H,22,24)(H,23,29). The number of nitrogens with one attached hydrogen (secondary N) is 2. The number of aromatic nitrogens is 4. The number of carbonyl (C=O) groups excluding carboxylic acids is 1. The molecule has 2 aromatic heterocycles. The minimum absolute atomic E-state index is 0.0596. The molecule has 1 aliphatic carbocycles. The molecule has 1 aliphatic rings. The first-order valence-electron chi connectivity index (χ1n) is 10.4. The zero-order chi connectivity index (χ0) is 23.1. The number of hydrogen-bond donors (Lipinski definition) is 2. The molecule has 2 aromatic rings. The molecule has 0 spiro atoms. The fourth-order valence-electron chi connectivity index (χ4n) is 3.48. The van der Waals surface area contributed by atoms with E-state index in [1.165, 1.54) is 11.6 Å². The number of hydrogen-bond acceptors (Lipinski definition) is 6. The Bertz CT molecular complexity index is 1140. The predicted octanol–water partition coefficient (Wildman–Crippen LogP) is 1.87. The van der Waals surface area contributed by atoms with E-state index in [-0.39, 0.29) is 12.1 Å². The topological polar surface area (TPSA) is 112 Å². The maximum Gasteiger partial charge on any atom is 0.407 e. The second kappa shape index (κ2) is 8.24. The molecule has 10 nitrogen and oxygen atoms in total. The molecule has 1 amide bonds. The third-order valence-corrected chi connectivity index (χ3v) is 5.32. The Morgan fingerprint density at radius 2 is 1.81 bits per heavy atom. The van der Waals surface area contributed by atoms with Crippen molar-refractivity contribution < 1.29 is 9.53 Å². The van der Waals surface area contributed by atoms with Crippen molar-refractivity contribution in [1.82, 2.24) is 24.0 Å². The van der Waals surface area contributed by atoms with Gasteiger partial charge in [0, 0.05) is 26.7 Å². The Morgan fingerprint density at radius 3 is 2.35 bits per heavy atom. The number of amides is 1. The lowest BCUT2D eigenvalue weighted by molar-refractivity contribution is 0.0472. The zero-order valence-corrected chi connectivity index (χ0v) is 19.3. The Balaban J connectivity index is 1.94. The van der Waals surface area contributed by atoms with Crippen LogP contribution in [0.25, 0.3) is 11.2 Å². The van der Waals surface area contributed by atoms with E-state index in [0.717, 1.165) is 23.0 Å². The molecule has 1 saturated carbocycles. The number of carbonyl (C=O) groups is 1. The van der Waals surface area contributed by atoms with Gasteiger partial charge in [-0.05, 0) is 47.5 Å². The fourth-order valence-corrected chi connectivity index (χ4v) is 3.48. The number of anilines is 1. The second-order valence-corrected chi connectivity index (χ2v) is 9.29. The highest BCUT2D eigenvalue weighted by molar-refractivity contribution is 5.74. The Morgan fingerprint density at radius 1 is 1.16 bits per heavy atom. The summed E-state index contributed by atoms with van der Waals surface area (Å²) in [5, 5.41) is 6.25. The van der Waals surface area contributed by atoms with E-state index in [1.807, 2.05) is 40.7 Å². The fraction of sp³-hybridized carbons (Fsp3) is 0.619. The molecule has 3 rings (SSSR count). The number of nitrogens with zero attached hydrogens (tertiary/aromatic N) is 4. The summed E-state index contributed by atoms with van der Waals surface area (Å²) in [4.78, 5) is 41.9. The quantitative estimate of drug-likeness (QED) is 0.698. The van der Waals surface area contributed by atoms with Gasteiger partial charge in [0.15, 0.2) is 11.2 Å². The first-order valence-corrected chi connectivity index (χ1v) is 10.4. The molecule has 2 N–H and O–H groups in total. The van der Waals surface area contributed by atoms with Gasteiger partial charge >= 0.3 is 11.8 Å². The molecule has 0 aliphatic heterocycles. The smallest absolute Gasteiger partial charge is 0.407 e. The molecule has 0 saturated heterocycles. The first kappa shape index (κ1) is 22.6. The van der Waals surface area contributed by atoms with Crippen molar-refractivity contribution in [2.45, 2.75) is 71.7 Å². The molecular weight excluding hydrogens is 400 g/mol. The van der Waals surface area contributed by atoms with Gasteiger partial charge in [0.1, 0.15) is 5.60 Å². The van der Waals surface area contributed by atoms with E-state index in [0.29, 0.717) is 23.7 Å². The van der Waals surface area contributed by atoms with Crippen LogP contribution < -0.4 is 21.9 Å². The van der Waals surface area contributed by atoms with Gasteiger partial charge in [0.2, 0.25) is 5.95 Å². The maximum atomic E-state index is 12.9. The average Bonchev–Trinajstić information content (AvgIpc) is 3.01. The highest BCUT2D eigenvalue weighted by Gasteiger charge is 2.34. The second-order valence-electron chi connectivity index (χ2n) is 9.29. The van der Waals surface area contributed by atoms with Gasteiger partial charge in [-0.2, -0.15) is 4.98 Å². The van der Waals surface area contributed by atoms with Crippen molar-refractivity contribution in [3.05, 3.63) is 32.5 Å². The van der Waals surface area contributed by atoms with E-state index in [4.69, 9.17) is 4.74 Å². The summed E-state index contributed by atoms with van der Waals surface area (Å²) < 4.78 is 9.59. The number of allylic oxidation sites excluding steroid dienone is 2. The van der Waals surface area contributed by atoms with Crippen LogP contribution >= 0.6 is 0 Å². The highest BCUT2D eigenvalue weighted by atomic mass is 16.6. The van der Waals surface area contributed by atoms with Gasteiger partial charge in [-0.15, -0.1) is 0 Å². The van der Waals surface area contributed by atoms with Crippen molar-refractivity contribution in [2.24, 2.45) is 14.1 Å². The Kier molecular flexibility index (Phi) is 6.02. The van der Waals surface area contributed by atoms with Crippen LogP contribution in [0.5, 0.6) is 0 Å². The number of rotatable bonds is 5. The number of alkyl carbamates (subject to hydrolysis) is 1. The molecule has 170 valence electrons. The normalized spacial score (nSPS) is 18.4. The molecule has 31 heavy (non-hydrogen) atoms. The summed E-state index contributed by atoms with van der Waals surface area (Å²) in [5.41, 5.74) is 0.402. The lowest BCUT2D eigenvalue weighted by Gasteiger charge is -2.38. The van der Waals surface area contributed by atoms with Crippen LogP contribution in [-0.2, 0) is 25.4 Å². The van der Waals surface area contributed by atoms with E-state index in [9.17, 15) is 14.4 Å². The van der Waals surface area contributed by atoms with Crippen LogP contribution in [0, 0.1) is 0 Å². The van der Waals surface area contributed by atoms with Gasteiger partial charge in [-0.3, -0.25) is 13.9 Å². The van der Waals surface area contributed by atoms with Crippen LogP contribution in [0.1, 0.15) is 47.5 Å². The molecule has 0 bridgehead atoms. The predicted molar refractivity (Wildman–Crippen MR) is 119 cm³/mol. The summed E-state index contributed by atoms with van der Waals surface area (Å²) in [6, 6.07) is -0.172. The van der Waals surface area contributed by atoms with Crippen molar-refractivity contribution in [3.8, 4) is 0 Å². The van der Waals surface area contributed by atoms with Crippen molar-refractivity contribution in [1.29, 1.82) is 0 Å². The highest BCUT2D eigenvalue weighted by Crippen LogP contribution is 2.26. The summed E-state index contributed by atoms with van der Waals surface area (Å²) in [5.74, 6) is 0.492. The lowest BCUT2D eigenvalue weighted by Crippen LogP contribution is -2.54. The average molecular weight is 433 g/mol. The third-order valence-electron chi connectivity index (χ3n) is 5.32. The van der Waals surface area contributed by atoms with Crippen LogP contribution in [0.2, 0.25) is 0 Å². The molecule has 2 atom stereocenters. The van der Waals surface area contributed by atoms with Gasteiger partial charge in [0.25, 0.3) is 5.56 Å². The van der Waals surface area contributed by atoms with Gasteiger partial charge in [-0.25, -0.2) is 9.59 Å². The molecule has 2 heterocycles. The van der Waals surface area contributed by atoms with E-state index < -0.39 is 22.9 Å².